The van der Waals surface area contributed by atoms with Gasteiger partial charge in [0.15, 0.2) is 5.58 Å². The van der Waals surface area contributed by atoms with Crippen LogP contribution in [0.1, 0.15) is 11.1 Å². The van der Waals surface area contributed by atoms with Crippen molar-refractivity contribution in [1.29, 1.82) is 0 Å². The predicted molar refractivity (Wildman–Crippen MR) is 143 cm³/mol. The lowest BCUT2D eigenvalue weighted by atomic mass is 10.1. The van der Waals surface area contributed by atoms with E-state index < -0.39 is 0 Å². The van der Waals surface area contributed by atoms with Crippen LogP contribution in [0.4, 0.5) is 17.1 Å². The van der Waals surface area contributed by atoms with Crippen LogP contribution >= 0.6 is 27.5 Å². The van der Waals surface area contributed by atoms with Gasteiger partial charge in [-0.15, -0.1) is 0 Å². The van der Waals surface area contributed by atoms with Gasteiger partial charge >= 0.3 is 0 Å². The first kappa shape index (κ1) is 23.0. The number of aromatic hydroxyl groups is 1. The standard InChI is InChI=1S/C27H18BrClN4O2/c1-16-5-6-17(27-31-24-14-20(29)7-10-26(24)35-27)12-23(16)30-15-18-11-22(8-9-25(18)34)33-32-21-4-2-3-19(28)13-21/h2-15,34H,1H3. The number of oxazole rings is 1. The van der Waals surface area contributed by atoms with Gasteiger partial charge in [0.2, 0.25) is 5.89 Å². The molecule has 0 bridgehead atoms. The zero-order chi connectivity index (χ0) is 24.4. The van der Waals surface area contributed by atoms with Crippen molar-refractivity contribution in [3.63, 3.8) is 0 Å². The lowest BCUT2D eigenvalue weighted by molar-refractivity contribution is 0.474. The summed E-state index contributed by atoms with van der Waals surface area (Å²) in [4.78, 5) is 9.15. The van der Waals surface area contributed by atoms with E-state index in [1.807, 2.05) is 49.4 Å². The summed E-state index contributed by atoms with van der Waals surface area (Å²) >= 11 is 9.49. The van der Waals surface area contributed by atoms with Gasteiger partial charge in [0.25, 0.3) is 0 Å². The van der Waals surface area contributed by atoms with Gasteiger partial charge in [0, 0.05) is 26.8 Å². The van der Waals surface area contributed by atoms with E-state index in [1.54, 1.807) is 42.6 Å². The molecule has 0 unspecified atom stereocenters. The maximum atomic E-state index is 10.3. The minimum Gasteiger partial charge on any atom is -0.507 e. The van der Waals surface area contributed by atoms with Crippen LogP contribution in [0.5, 0.6) is 5.75 Å². The number of aryl methyl sites for hydroxylation is 1. The second kappa shape index (κ2) is 9.82. The van der Waals surface area contributed by atoms with Crippen LogP contribution in [-0.4, -0.2) is 16.3 Å². The average Bonchev–Trinajstić information content (AvgIpc) is 3.27. The molecular formula is C27H18BrClN4O2. The third-order valence-corrected chi connectivity index (χ3v) is 5.98. The van der Waals surface area contributed by atoms with Crippen molar-refractivity contribution in [2.45, 2.75) is 6.92 Å². The molecule has 1 heterocycles. The minimum absolute atomic E-state index is 0.0970. The molecule has 0 spiro atoms. The van der Waals surface area contributed by atoms with Crippen molar-refractivity contribution >= 4 is 61.9 Å². The summed E-state index contributed by atoms with van der Waals surface area (Å²) in [5.74, 6) is 0.580. The normalized spacial score (nSPS) is 11.7. The van der Waals surface area contributed by atoms with Gasteiger partial charge in [-0.3, -0.25) is 4.99 Å². The van der Waals surface area contributed by atoms with Gasteiger partial charge in [0.1, 0.15) is 11.3 Å². The summed E-state index contributed by atoms with van der Waals surface area (Å²) in [7, 11) is 0. The second-order valence-corrected chi connectivity index (χ2v) is 9.17. The van der Waals surface area contributed by atoms with Gasteiger partial charge in [-0.25, -0.2) is 4.98 Å². The molecule has 0 saturated carbocycles. The van der Waals surface area contributed by atoms with Crippen LogP contribution in [0.2, 0.25) is 5.02 Å². The fraction of sp³-hybridized carbons (Fsp3) is 0.0370. The monoisotopic (exact) mass is 544 g/mol. The third-order valence-electron chi connectivity index (χ3n) is 5.25. The molecule has 5 aromatic rings. The summed E-state index contributed by atoms with van der Waals surface area (Å²) < 4.78 is 6.81. The topological polar surface area (TPSA) is 83.3 Å². The van der Waals surface area contributed by atoms with Gasteiger partial charge in [-0.05, 0) is 79.2 Å². The summed E-state index contributed by atoms with van der Waals surface area (Å²) in [6, 6.07) is 23.6. The average molecular weight is 546 g/mol. The summed E-state index contributed by atoms with van der Waals surface area (Å²) in [5.41, 5.74) is 5.67. The molecule has 0 radical (unpaired) electrons. The Kier molecular flexibility index (Phi) is 6.44. The van der Waals surface area contributed by atoms with E-state index in [-0.39, 0.29) is 5.75 Å². The fourth-order valence-corrected chi connectivity index (χ4v) is 3.96. The molecule has 0 saturated heterocycles. The smallest absolute Gasteiger partial charge is 0.227 e. The molecule has 8 heteroatoms. The van der Waals surface area contributed by atoms with Crippen LogP contribution in [0.15, 0.2) is 103 Å². The van der Waals surface area contributed by atoms with Crippen LogP contribution in [0, 0.1) is 6.92 Å². The first-order valence-corrected chi connectivity index (χ1v) is 11.8. The Bertz CT molecular complexity index is 1610. The van der Waals surface area contributed by atoms with Crippen molar-refractivity contribution in [3.05, 3.63) is 99.5 Å². The maximum absolute atomic E-state index is 10.3. The zero-order valence-corrected chi connectivity index (χ0v) is 20.8. The first-order valence-electron chi connectivity index (χ1n) is 10.7. The molecule has 6 nitrogen and oxygen atoms in total. The third kappa shape index (κ3) is 5.31. The van der Waals surface area contributed by atoms with Gasteiger partial charge in [-0.2, -0.15) is 10.2 Å². The largest absolute Gasteiger partial charge is 0.507 e. The van der Waals surface area contributed by atoms with Crippen molar-refractivity contribution in [1.82, 2.24) is 4.98 Å². The number of phenols is 1. The molecule has 0 atom stereocenters. The highest BCUT2D eigenvalue weighted by Crippen LogP contribution is 2.31. The number of azo groups is 1. The fourth-order valence-electron chi connectivity index (χ4n) is 3.41. The van der Waals surface area contributed by atoms with E-state index in [4.69, 9.17) is 16.0 Å². The highest BCUT2D eigenvalue weighted by molar-refractivity contribution is 9.10. The molecule has 1 N–H and O–H groups in total. The maximum Gasteiger partial charge on any atom is 0.227 e. The molecule has 0 aliphatic carbocycles. The van der Waals surface area contributed by atoms with E-state index in [2.05, 4.69) is 36.1 Å². The number of phenolic OH excluding ortho intramolecular Hbond substituents is 1. The second-order valence-electron chi connectivity index (χ2n) is 7.81. The number of fused-ring (bicyclic) bond motifs is 1. The SMILES string of the molecule is Cc1ccc(-c2nc3cc(Cl)ccc3o2)cc1N=Cc1cc(N=Nc2cccc(Br)c2)ccc1O. The molecular weight excluding hydrogens is 528 g/mol. The molecule has 0 aliphatic rings. The Hall–Kier alpha value is -3.81. The van der Waals surface area contributed by atoms with Gasteiger partial charge in [-0.1, -0.05) is 39.7 Å². The van der Waals surface area contributed by atoms with Crippen LogP contribution < -0.4 is 0 Å². The Labute approximate surface area is 214 Å². The highest BCUT2D eigenvalue weighted by atomic mass is 79.9. The summed E-state index contributed by atoms with van der Waals surface area (Å²) in [6.07, 6.45) is 1.60. The zero-order valence-electron chi connectivity index (χ0n) is 18.5. The number of hydrogen-bond acceptors (Lipinski definition) is 6. The lowest BCUT2D eigenvalue weighted by Gasteiger charge is -2.04. The van der Waals surface area contributed by atoms with Crippen molar-refractivity contribution < 1.29 is 9.52 Å². The molecule has 0 fully saturated rings. The van der Waals surface area contributed by atoms with E-state index in [1.165, 1.54) is 0 Å². The Morgan fingerprint density at radius 1 is 0.943 bits per heavy atom. The number of aromatic nitrogens is 1. The molecule has 0 aliphatic heterocycles. The van der Waals surface area contributed by atoms with E-state index in [0.29, 0.717) is 33.3 Å². The van der Waals surface area contributed by atoms with E-state index >= 15 is 0 Å². The van der Waals surface area contributed by atoms with Crippen LogP contribution in [0.3, 0.4) is 0 Å². The Morgan fingerprint density at radius 2 is 1.77 bits per heavy atom. The highest BCUT2D eigenvalue weighted by Gasteiger charge is 2.10. The van der Waals surface area contributed by atoms with Crippen molar-refractivity contribution in [2.24, 2.45) is 15.2 Å². The predicted octanol–water partition coefficient (Wildman–Crippen LogP) is 9.09. The number of rotatable bonds is 5. The lowest BCUT2D eigenvalue weighted by Crippen LogP contribution is -1.84. The first-order chi connectivity index (χ1) is 16.9. The number of halogens is 2. The van der Waals surface area contributed by atoms with Crippen molar-refractivity contribution in [2.75, 3.05) is 0 Å². The van der Waals surface area contributed by atoms with Gasteiger partial charge < -0.3 is 9.52 Å². The molecule has 5 rings (SSSR count). The number of aliphatic imine (C=N–C) groups is 1. The van der Waals surface area contributed by atoms with Gasteiger partial charge in [0.05, 0.1) is 17.1 Å². The molecule has 172 valence electrons. The molecule has 35 heavy (non-hydrogen) atoms. The van der Waals surface area contributed by atoms with E-state index in [9.17, 15) is 5.11 Å². The minimum atomic E-state index is 0.0970. The quantitative estimate of drug-likeness (QED) is 0.176. The van der Waals surface area contributed by atoms with Crippen LogP contribution in [-0.2, 0) is 0 Å². The Balaban J connectivity index is 1.42. The van der Waals surface area contributed by atoms with Crippen LogP contribution in [0.25, 0.3) is 22.6 Å². The molecule has 4 aromatic carbocycles. The number of hydrogen-bond donors (Lipinski definition) is 1. The Morgan fingerprint density at radius 3 is 2.60 bits per heavy atom. The van der Waals surface area contributed by atoms with E-state index in [0.717, 1.165) is 27.0 Å². The number of benzene rings is 4. The summed E-state index contributed by atoms with van der Waals surface area (Å²) in [6.45, 7) is 1.96. The molecule has 0 amide bonds. The number of nitrogens with zero attached hydrogens (tertiary/aromatic N) is 4. The van der Waals surface area contributed by atoms with Crippen molar-refractivity contribution in [3.8, 4) is 17.2 Å². The molecule has 1 aromatic heterocycles. The summed E-state index contributed by atoms with van der Waals surface area (Å²) in [5, 5.41) is 19.5.